The Labute approximate surface area is 202 Å². The lowest BCUT2D eigenvalue weighted by atomic mass is 10.00. The molecular weight excluding hydrogens is 432 g/mol. The maximum atomic E-state index is 13.5. The van der Waals surface area contributed by atoms with Gasteiger partial charge in [0.25, 0.3) is 0 Å². The Balaban J connectivity index is 1.77. The molecule has 2 aromatic rings. The highest BCUT2D eigenvalue weighted by Gasteiger charge is 2.34. The highest BCUT2D eigenvalue weighted by Crippen LogP contribution is 2.34. The molecule has 0 aliphatic carbocycles. The minimum atomic E-state index is -0.148. The van der Waals surface area contributed by atoms with Gasteiger partial charge in [0.1, 0.15) is 18.9 Å². The Morgan fingerprint density at radius 3 is 2.42 bits per heavy atom. The van der Waals surface area contributed by atoms with Crippen LogP contribution in [0.25, 0.3) is 0 Å². The molecule has 1 aromatic heterocycles. The standard InChI is InChI=1S/C27H38N2O3S/c1-7-20(6)29(27(31)19(4)5)16-26(30)28-14-12-25-23(13-15-33-25)24(28)17-32-22-10-8-21(9-11-22)18(2)3/h8-11,13,15,18-20,24H,7,12,14,16-17H2,1-6H3/t20-,24+/m1/s1. The molecule has 6 heteroatoms. The first kappa shape index (κ1) is 25.3. The smallest absolute Gasteiger partial charge is 0.242 e. The summed E-state index contributed by atoms with van der Waals surface area (Å²) in [6.45, 7) is 13.4. The average Bonchev–Trinajstić information content (AvgIpc) is 3.29. The predicted octanol–water partition coefficient (Wildman–Crippen LogP) is 5.66. The van der Waals surface area contributed by atoms with Crippen LogP contribution in [-0.4, -0.2) is 47.4 Å². The molecule has 0 saturated carbocycles. The molecule has 0 unspecified atom stereocenters. The number of hydrogen-bond acceptors (Lipinski definition) is 4. The number of ether oxygens (including phenoxy) is 1. The third-order valence-corrected chi connectivity index (χ3v) is 7.57. The first-order chi connectivity index (χ1) is 15.7. The number of carbonyl (C=O) groups excluding carboxylic acids is 2. The molecular formula is C27H38N2O3S. The van der Waals surface area contributed by atoms with Crippen LogP contribution in [0.15, 0.2) is 35.7 Å². The predicted molar refractivity (Wildman–Crippen MR) is 135 cm³/mol. The minimum Gasteiger partial charge on any atom is -0.491 e. The van der Waals surface area contributed by atoms with E-state index >= 15 is 0 Å². The van der Waals surface area contributed by atoms with Crippen molar-refractivity contribution in [3.8, 4) is 5.75 Å². The van der Waals surface area contributed by atoms with Crippen LogP contribution >= 0.6 is 11.3 Å². The van der Waals surface area contributed by atoms with Gasteiger partial charge in [0, 0.05) is 23.4 Å². The van der Waals surface area contributed by atoms with Gasteiger partial charge < -0.3 is 14.5 Å². The van der Waals surface area contributed by atoms with Crippen molar-refractivity contribution in [2.45, 2.75) is 72.4 Å². The Hall–Kier alpha value is -2.34. The lowest BCUT2D eigenvalue weighted by Crippen LogP contribution is -2.50. The molecule has 0 spiro atoms. The summed E-state index contributed by atoms with van der Waals surface area (Å²) in [5.74, 6) is 1.17. The SMILES string of the molecule is CC[C@@H](C)N(CC(=O)N1CCc2sccc2[C@@H]1COc1ccc(C(C)C)cc1)C(=O)C(C)C. The summed E-state index contributed by atoms with van der Waals surface area (Å²) in [5, 5.41) is 2.09. The van der Waals surface area contributed by atoms with Gasteiger partial charge in [0.15, 0.2) is 0 Å². The highest BCUT2D eigenvalue weighted by atomic mass is 32.1. The van der Waals surface area contributed by atoms with Gasteiger partial charge in [-0.1, -0.05) is 46.8 Å². The van der Waals surface area contributed by atoms with Crippen molar-refractivity contribution in [3.63, 3.8) is 0 Å². The van der Waals surface area contributed by atoms with Gasteiger partial charge in [-0.15, -0.1) is 11.3 Å². The number of benzene rings is 1. The second kappa shape index (κ2) is 11.2. The summed E-state index contributed by atoms with van der Waals surface area (Å²) in [6.07, 6.45) is 1.67. The molecule has 2 amide bonds. The molecule has 0 N–H and O–H groups in total. The largest absolute Gasteiger partial charge is 0.491 e. The Morgan fingerprint density at radius 1 is 1.12 bits per heavy atom. The number of hydrogen-bond donors (Lipinski definition) is 0. The molecule has 180 valence electrons. The van der Waals surface area contributed by atoms with Crippen LogP contribution in [0.1, 0.15) is 75.9 Å². The molecule has 2 atom stereocenters. The molecule has 0 bridgehead atoms. The molecule has 1 aromatic carbocycles. The molecule has 0 saturated heterocycles. The highest BCUT2D eigenvalue weighted by molar-refractivity contribution is 7.10. The fourth-order valence-electron chi connectivity index (χ4n) is 4.24. The van der Waals surface area contributed by atoms with Crippen molar-refractivity contribution in [1.82, 2.24) is 9.80 Å². The Morgan fingerprint density at radius 2 is 1.82 bits per heavy atom. The van der Waals surface area contributed by atoms with Crippen molar-refractivity contribution in [2.75, 3.05) is 19.7 Å². The van der Waals surface area contributed by atoms with Gasteiger partial charge >= 0.3 is 0 Å². The third-order valence-electron chi connectivity index (χ3n) is 6.58. The van der Waals surface area contributed by atoms with Gasteiger partial charge in [-0.2, -0.15) is 0 Å². The zero-order chi connectivity index (χ0) is 24.1. The maximum Gasteiger partial charge on any atom is 0.242 e. The quantitative estimate of drug-likeness (QED) is 0.475. The number of carbonyl (C=O) groups is 2. The lowest BCUT2D eigenvalue weighted by molar-refractivity contribution is -0.146. The number of rotatable bonds is 9. The summed E-state index contributed by atoms with van der Waals surface area (Å²) < 4.78 is 6.18. The second-order valence-corrected chi connectivity index (χ2v) is 10.6. The zero-order valence-corrected chi connectivity index (χ0v) is 21.7. The Kier molecular flexibility index (Phi) is 8.57. The van der Waals surface area contributed by atoms with Crippen LogP contribution < -0.4 is 4.74 Å². The van der Waals surface area contributed by atoms with E-state index in [1.807, 2.05) is 37.8 Å². The number of fused-ring (bicyclic) bond motifs is 1. The zero-order valence-electron chi connectivity index (χ0n) is 20.8. The van der Waals surface area contributed by atoms with Crippen LogP contribution in [0.3, 0.4) is 0 Å². The van der Waals surface area contributed by atoms with E-state index in [0.717, 1.165) is 18.6 Å². The molecule has 0 fully saturated rings. The molecule has 5 nitrogen and oxygen atoms in total. The van der Waals surface area contributed by atoms with Crippen molar-refractivity contribution in [3.05, 3.63) is 51.7 Å². The molecule has 1 aliphatic heterocycles. The lowest BCUT2D eigenvalue weighted by Gasteiger charge is -2.38. The number of amides is 2. The van der Waals surface area contributed by atoms with E-state index in [1.165, 1.54) is 16.0 Å². The van der Waals surface area contributed by atoms with E-state index in [2.05, 4.69) is 44.4 Å². The van der Waals surface area contributed by atoms with E-state index in [1.54, 1.807) is 16.2 Å². The molecule has 33 heavy (non-hydrogen) atoms. The van der Waals surface area contributed by atoms with E-state index < -0.39 is 0 Å². The van der Waals surface area contributed by atoms with Crippen molar-refractivity contribution in [2.24, 2.45) is 5.92 Å². The molecule has 0 radical (unpaired) electrons. The number of nitrogens with zero attached hydrogens (tertiary/aromatic N) is 2. The normalized spacial score (nSPS) is 16.6. The minimum absolute atomic E-state index is 0.00935. The van der Waals surface area contributed by atoms with Crippen LogP contribution in [0.4, 0.5) is 0 Å². The van der Waals surface area contributed by atoms with Crippen LogP contribution in [-0.2, 0) is 16.0 Å². The molecule has 1 aliphatic rings. The first-order valence-corrected chi connectivity index (χ1v) is 13.0. The van der Waals surface area contributed by atoms with Crippen molar-refractivity contribution in [1.29, 1.82) is 0 Å². The van der Waals surface area contributed by atoms with Gasteiger partial charge in [-0.05, 0) is 60.4 Å². The summed E-state index contributed by atoms with van der Waals surface area (Å²) in [4.78, 5) is 31.3. The van der Waals surface area contributed by atoms with Crippen LogP contribution in [0, 0.1) is 5.92 Å². The maximum absolute atomic E-state index is 13.5. The molecule has 2 heterocycles. The fraction of sp³-hybridized carbons (Fsp3) is 0.556. The van der Waals surface area contributed by atoms with E-state index in [0.29, 0.717) is 19.1 Å². The average molecular weight is 471 g/mol. The summed E-state index contributed by atoms with van der Waals surface area (Å²) in [6, 6.07) is 10.2. The van der Waals surface area contributed by atoms with E-state index in [9.17, 15) is 9.59 Å². The van der Waals surface area contributed by atoms with E-state index in [4.69, 9.17) is 4.74 Å². The van der Waals surface area contributed by atoms with Crippen LogP contribution in [0.5, 0.6) is 5.75 Å². The first-order valence-electron chi connectivity index (χ1n) is 12.1. The van der Waals surface area contributed by atoms with Crippen molar-refractivity contribution >= 4 is 23.2 Å². The summed E-state index contributed by atoms with van der Waals surface area (Å²) in [7, 11) is 0. The van der Waals surface area contributed by atoms with Gasteiger partial charge in [0.2, 0.25) is 11.8 Å². The van der Waals surface area contributed by atoms with E-state index in [-0.39, 0.29) is 36.4 Å². The van der Waals surface area contributed by atoms with Crippen molar-refractivity contribution < 1.29 is 14.3 Å². The second-order valence-electron chi connectivity index (χ2n) is 9.56. The summed E-state index contributed by atoms with van der Waals surface area (Å²) in [5.41, 5.74) is 2.44. The monoisotopic (exact) mass is 470 g/mol. The summed E-state index contributed by atoms with van der Waals surface area (Å²) >= 11 is 1.74. The Bertz CT molecular complexity index is 935. The third kappa shape index (κ3) is 5.97. The topological polar surface area (TPSA) is 49.9 Å². The van der Waals surface area contributed by atoms with Gasteiger partial charge in [0.05, 0.1) is 6.04 Å². The molecule has 3 rings (SSSR count). The van der Waals surface area contributed by atoms with Gasteiger partial charge in [-0.3, -0.25) is 9.59 Å². The van der Waals surface area contributed by atoms with Gasteiger partial charge in [-0.25, -0.2) is 0 Å². The fourth-order valence-corrected chi connectivity index (χ4v) is 5.17. The number of thiophene rings is 1. The van der Waals surface area contributed by atoms with Crippen LogP contribution in [0.2, 0.25) is 0 Å².